The van der Waals surface area contributed by atoms with Crippen LogP contribution in [0.1, 0.15) is 22.3 Å². The van der Waals surface area contributed by atoms with Gasteiger partial charge in [0.1, 0.15) is 5.75 Å². The van der Waals surface area contributed by atoms with E-state index in [9.17, 15) is 9.59 Å². The number of methoxy groups -OCH3 is 1. The number of aldehydes is 1. The largest absolute Gasteiger partial charge is 0.483 e. The van der Waals surface area contributed by atoms with Crippen LogP contribution in [0.2, 0.25) is 0 Å². The van der Waals surface area contributed by atoms with Crippen molar-refractivity contribution in [3.8, 4) is 5.75 Å². The monoisotopic (exact) mass is 220 g/mol. The van der Waals surface area contributed by atoms with Crippen LogP contribution >= 0.6 is 0 Å². The first kappa shape index (κ1) is 10.7. The first-order chi connectivity index (χ1) is 7.74. The minimum absolute atomic E-state index is 0.361. The van der Waals surface area contributed by atoms with E-state index >= 15 is 0 Å². The highest BCUT2D eigenvalue weighted by atomic mass is 16.5. The fourth-order valence-corrected chi connectivity index (χ4v) is 1.75. The van der Waals surface area contributed by atoms with Gasteiger partial charge < -0.3 is 9.47 Å². The summed E-state index contributed by atoms with van der Waals surface area (Å²) in [4.78, 5) is 21.9. The van der Waals surface area contributed by atoms with Gasteiger partial charge in [-0.1, -0.05) is 0 Å². The van der Waals surface area contributed by atoms with E-state index in [1.54, 1.807) is 18.2 Å². The van der Waals surface area contributed by atoms with Crippen molar-refractivity contribution in [3.05, 3.63) is 29.3 Å². The van der Waals surface area contributed by atoms with Crippen LogP contribution in [0, 0.1) is 0 Å². The molecule has 0 radical (unpaired) electrons. The van der Waals surface area contributed by atoms with Gasteiger partial charge in [0.15, 0.2) is 12.4 Å². The van der Waals surface area contributed by atoms with Crippen LogP contribution in [0.25, 0.3) is 0 Å². The summed E-state index contributed by atoms with van der Waals surface area (Å²) in [7, 11) is 1.35. The standard InChI is InChI=1S/C12H12O4/c1-15-12(14)9-3-5-11-8(6-9)2-4-10(7-13)16-11/h3,5-7,10H,2,4H2,1H3. The van der Waals surface area contributed by atoms with Crippen molar-refractivity contribution < 1.29 is 19.1 Å². The molecule has 0 saturated carbocycles. The second-order valence-corrected chi connectivity index (χ2v) is 3.65. The zero-order chi connectivity index (χ0) is 11.5. The van der Waals surface area contributed by atoms with Gasteiger partial charge in [-0.3, -0.25) is 4.79 Å². The Kier molecular flexibility index (Phi) is 2.90. The maximum atomic E-state index is 11.3. The Hall–Kier alpha value is -1.84. The van der Waals surface area contributed by atoms with Gasteiger partial charge in [0.05, 0.1) is 12.7 Å². The van der Waals surface area contributed by atoms with E-state index in [2.05, 4.69) is 4.74 Å². The van der Waals surface area contributed by atoms with Crippen LogP contribution in [0.5, 0.6) is 5.75 Å². The van der Waals surface area contributed by atoms with Gasteiger partial charge >= 0.3 is 5.97 Å². The van der Waals surface area contributed by atoms with Gasteiger partial charge in [-0.25, -0.2) is 4.79 Å². The second kappa shape index (κ2) is 4.35. The number of benzene rings is 1. The molecule has 16 heavy (non-hydrogen) atoms. The molecule has 0 saturated heterocycles. The van der Waals surface area contributed by atoms with E-state index in [4.69, 9.17) is 4.74 Å². The number of aryl methyl sites for hydroxylation is 1. The first-order valence-corrected chi connectivity index (χ1v) is 5.08. The van der Waals surface area contributed by atoms with Crippen molar-refractivity contribution >= 4 is 12.3 Å². The Morgan fingerprint density at radius 2 is 2.38 bits per heavy atom. The summed E-state index contributed by atoms with van der Waals surface area (Å²) >= 11 is 0. The van der Waals surface area contributed by atoms with Crippen LogP contribution in [-0.2, 0) is 16.0 Å². The van der Waals surface area contributed by atoms with E-state index in [0.29, 0.717) is 17.7 Å². The summed E-state index contributed by atoms with van der Waals surface area (Å²) in [6, 6.07) is 5.09. The Labute approximate surface area is 93.2 Å². The number of hydrogen-bond acceptors (Lipinski definition) is 4. The fraction of sp³-hybridized carbons (Fsp3) is 0.333. The summed E-state index contributed by atoms with van der Waals surface area (Å²) in [5, 5.41) is 0. The molecule has 1 unspecified atom stereocenters. The van der Waals surface area contributed by atoms with Crippen molar-refractivity contribution in [1.29, 1.82) is 0 Å². The van der Waals surface area contributed by atoms with Crippen LogP contribution in [-0.4, -0.2) is 25.5 Å². The molecule has 84 valence electrons. The van der Waals surface area contributed by atoms with Gasteiger partial charge in [0, 0.05) is 0 Å². The van der Waals surface area contributed by atoms with Crippen molar-refractivity contribution in [3.63, 3.8) is 0 Å². The van der Waals surface area contributed by atoms with Crippen LogP contribution in [0.3, 0.4) is 0 Å². The highest BCUT2D eigenvalue weighted by molar-refractivity contribution is 5.89. The molecule has 0 N–H and O–H groups in total. The Morgan fingerprint density at radius 3 is 3.06 bits per heavy atom. The Balaban J connectivity index is 2.27. The Morgan fingerprint density at radius 1 is 1.56 bits per heavy atom. The van der Waals surface area contributed by atoms with E-state index in [-0.39, 0.29) is 12.1 Å². The Bertz CT molecular complexity index is 425. The second-order valence-electron chi connectivity index (χ2n) is 3.65. The lowest BCUT2D eigenvalue weighted by molar-refractivity contribution is -0.114. The van der Waals surface area contributed by atoms with Gasteiger partial charge in [-0.2, -0.15) is 0 Å². The molecule has 0 spiro atoms. The lowest BCUT2D eigenvalue weighted by atomic mass is 10.0. The molecular formula is C12H12O4. The number of hydrogen-bond donors (Lipinski definition) is 0. The summed E-state index contributed by atoms with van der Waals surface area (Å²) in [5.74, 6) is 0.316. The van der Waals surface area contributed by atoms with Crippen molar-refractivity contribution in [2.45, 2.75) is 18.9 Å². The summed E-state index contributed by atoms with van der Waals surface area (Å²) in [5.41, 5.74) is 1.45. The average molecular weight is 220 g/mol. The third-order valence-corrected chi connectivity index (χ3v) is 2.61. The van der Waals surface area contributed by atoms with Gasteiger partial charge in [0.25, 0.3) is 0 Å². The summed E-state index contributed by atoms with van der Waals surface area (Å²) < 4.78 is 10.1. The molecule has 0 bridgehead atoms. The van der Waals surface area contributed by atoms with Gasteiger partial charge in [-0.15, -0.1) is 0 Å². The molecule has 0 amide bonds. The topological polar surface area (TPSA) is 52.6 Å². The van der Waals surface area contributed by atoms with Gasteiger partial charge in [0.2, 0.25) is 0 Å². The number of carbonyl (C=O) groups is 2. The molecule has 2 rings (SSSR count). The quantitative estimate of drug-likeness (QED) is 0.558. The highest BCUT2D eigenvalue weighted by Crippen LogP contribution is 2.28. The lowest BCUT2D eigenvalue weighted by Gasteiger charge is -2.22. The SMILES string of the molecule is COC(=O)c1ccc2c(c1)CCC(C=O)O2. The minimum Gasteiger partial charge on any atom is -0.483 e. The van der Waals surface area contributed by atoms with E-state index < -0.39 is 0 Å². The molecule has 0 aliphatic carbocycles. The fourth-order valence-electron chi connectivity index (χ4n) is 1.75. The molecule has 1 atom stereocenters. The third kappa shape index (κ3) is 1.91. The first-order valence-electron chi connectivity index (χ1n) is 5.08. The zero-order valence-corrected chi connectivity index (χ0v) is 8.93. The summed E-state index contributed by atoms with van der Waals surface area (Å²) in [6.45, 7) is 0. The van der Waals surface area contributed by atoms with Crippen molar-refractivity contribution in [1.82, 2.24) is 0 Å². The van der Waals surface area contributed by atoms with E-state index in [1.807, 2.05) is 0 Å². The maximum absolute atomic E-state index is 11.3. The molecule has 1 aliphatic rings. The molecule has 1 aromatic carbocycles. The van der Waals surface area contributed by atoms with Crippen molar-refractivity contribution in [2.24, 2.45) is 0 Å². The number of rotatable bonds is 2. The molecule has 4 nitrogen and oxygen atoms in total. The lowest BCUT2D eigenvalue weighted by Crippen LogP contribution is -2.24. The van der Waals surface area contributed by atoms with Crippen molar-refractivity contribution in [2.75, 3.05) is 7.11 Å². The van der Waals surface area contributed by atoms with E-state index in [1.165, 1.54) is 7.11 Å². The van der Waals surface area contributed by atoms with Crippen LogP contribution in [0.4, 0.5) is 0 Å². The van der Waals surface area contributed by atoms with Gasteiger partial charge in [-0.05, 0) is 36.6 Å². The number of fused-ring (bicyclic) bond motifs is 1. The molecule has 0 fully saturated rings. The minimum atomic E-state index is -0.364. The summed E-state index contributed by atoms with van der Waals surface area (Å²) in [6.07, 6.45) is 1.83. The molecule has 0 aromatic heterocycles. The molecule has 4 heteroatoms. The maximum Gasteiger partial charge on any atom is 0.337 e. The molecule has 1 heterocycles. The predicted octanol–water partition coefficient (Wildman–Crippen LogP) is 1.37. The van der Waals surface area contributed by atoms with E-state index in [0.717, 1.165) is 18.3 Å². The number of esters is 1. The highest BCUT2D eigenvalue weighted by Gasteiger charge is 2.20. The molecule has 1 aliphatic heterocycles. The molecule has 1 aromatic rings. The smallest absolute Gasteiger partial charge is 0.337 e. The third-order valence-electron chi connectivity index (χ3n) is 2.61. The zero-order valence-electron chi connectivity index (χ0n) is 8.93. The number of carbonyl (C=O) groups excluding carboxylic acids is 2. The average Bonchev–Trinajstić information content (AvgIpc) is 2.36. The predicted molar refractivity (Wildman–Crippen MR) is 56.6 cm³/mol. The van der Waals surface area contributed by atoms with Crippen LogP contribution < -0.4 is 4.74 Å². The molecular weight excluding hydrogens is 208 g/mol. The normalized spacial score (nSPS) is 18.2. The number of ether oxygens (including phenoxy) is 2. The van der Waals surface area contributed by atoms with Crippen LogP contribution in [0.15, 0.2) is 18.2 Å².